The van der Waals surface area contributed by atoms with Gasteiger partial charge >= 0.3 is 17.9 Å². The minimum absolute atomic E-state index is 0.0371. The molecule has 0 spiro atoms. The summed E-state index contributed by atoms with van der Waals surface area (Å²) in [5, 5.41) is 92.5. The van der Waals surface area contributed by atoms with Crippen molar-refractivity contribution in [3.05, 3.63) is 48.0 Å². The van der Waals surface area contributed by atoms with Gasteiger partial charge in [-0.2, -0.15) is 0 Å². The number of rotatable bonds is 23. The number of aromatic amines is 1. The van der Waals surface area contributed by atoms with Crippen LogP contribution in [0, 0.1) is 11.3 Å². The summed E-state index contributed by atoms with van der Waals surface area (Å²) in [6.07, 6.45) is -3.86. The number of nitrogens with two attached hydrogens (primary N) is 4. The number of hydrogen-bond donors (Lipinski definition) is 25. The van der Waals surface area contributed by atoms with Gasteiger partial charge in [-0.1, -0.05) is 75.6 Å². The Balaban J connectivity index is 1.54. The Bertz CT molecular complexity index is 4200. The Kier molecular flexibility index (Phi) is 40.1. The first-order valence-electron chi connectivity index (χ1n) is 38.7. The number of aliphatic carboxylic acids is 3. The Hall–Kier alpha value is -11.8. The first-order chi connectivity index (χ1) is 58.3. The monoisotopic (exact) mass is 1810 g/mol. The van der Waals surface area contributed by atoms with Gasteiger partial charge in [-0.25, -0.2) is 4.98 Å². The molecule has 48 nitrogen and oxygen atoms in total. The third-order valence-corrected chi connectivity index (χ3v) is 24.5. The number of phenols is 1. The molecule has 0 aliphatic carbocycles. The van der Waals surface area contributed by atoms with Gasteiger partial charge in [0.25, 0.3) is 0 Å². The summed E-state index contributed by atoms with van der Waals surface area (Å²) in [6.45, 7) is 0.490. The molecule has 4 aliphatic rings. The zero-order valence-electron chi connectivity index (χ0n) is 66.7. The summed E-state index contributed by atoms with van der Waals surface area (Å²) >= 11 is 0. The summed E-state index contributed by atoms with van der Waals surface area (Å²) in [7, 11) is 2.82. The van der Waals surface area contributed by atoms with Crippen LogP contribution in [0.1, 0.15) is 102 Å². The number of carbonyl (C=O) groups excluding carboxylic acids is 17. The Morgan fingerprint density at radius 1 is 0.545 bits per heavy atom. The van der Waals surface area contributed by atoms with Crippen molar-refractivity contribution in [2.24, 2.45) is 28.9 Å². The lowest BCUT2D eigenvalue weighted by atomic mass is 9.97. The molecule has 4 aliphatic heterocycles. The maximum Gasteiger partial charge on any atom is 0.305 e. The number of nitrogens with one attached hydrogen (secondary N) is 16. The van der Waals surface area contributed by atoms with Crippen LogP contribution in [0.3, 0.4) is 0 Å². The van der Waals surface area contributed by atoms with Gasteiger partial charge in [0.1, 0.15) is 102 Å². The largest absolute Gasteiger partial charge is 0.508 e. The predicted octanol–water partition coefficient (Wildman–Crippen LogP) is -9.59. The number of primary amides is 2. The summed E-state index contributed by atoms with van der Waals surface area (Å²) in [5.41, 5.74) is 22.9. The molecule has 123 heavy (non-hydrogen) atoms. The van der Waals surface area contributed by atoms with Gasteiger partial charge in [0.2, 0.25) is 100 Å². The molecule has 1 aromatic heterocycles. The Morgan fingerprint density at radius 3 is 1.56 bits per heavy atom. The van der Waals surface area contributed by atoms with Gasteiger partial charge in [0, 0.05) is 74.3 Å². The van der Waals surface area contributed by atoms with Crippen molar-refractivity contribution in [3.8, 4) is 5.75 Å². The number of aromatic nitrogens is 2. The predicted molar refractivity (Wildman–Crippen MR) is 438 cm³/mol. The number of fused-ring (bicyclic) bond motifs is 10. The number of aromatic hydroxyl groups is 1. The molecule has 4 saturated heterocycles. The minimum Gasteiger partial charge on any atom is -0.508 e. The number of carboxylic acid groups (broad SMARTS) is 3. The van der Waals surface area contributed by atoms with Crippen molar-refractivity contribution >= 4 is 167 Å². The Labute approximate surface area is 717 Å². The lowest BCUT2D eigenvalue weighted by molar-refractivity contribution is -0.146. The topological polar surface area (TPSA) is 774 Å². The highest BCUT2D eigenvalue weighted by Gasteiger charge is 2.45. The molecule has 16 atom stereocenters. The zero-order chi connectivity index (χ0) is 90.9. The van der Waals surface area contributed by atoms with Crippen LogP contribution in [0.5, 0.6) is 5.75 Å². The van der Waals surface area contributed by atoms with Crippen LogP contribution in [0.25, 0.3) is 0 Å². The van der Waals surface area contributed by atoms with Gasteiger partial charge in [0.15, 0.2) is 5.96 Å². The smallest absolute Gasteiger partial charge is 0.305 e. The maximum atomic E-state index is 15.1. The number of amides is 17. The van der Waals surface area contributed by atoms with Crippen LogP contribution in [-0.4, -0.2) is 316 Å². The number of phenolic OH excluding ortho intramolecular Hbond substituents is 1. The summed E-state index contributed by atoms with van der Waals surface area (Å²) in [5.74, 6) is -29.2. The molecule has 17 amide bonds. The number of H-pyrrole nitrogens is 1. The van der Waals surface area contributed by atoms with E-state index in [0.717, 1.165) is 20.6 Å². The van der Waals surface area contributed by atoms with Crippen LogP contribution in [-0.2, 0) is 109 Å². The van der Waals surface area contributed by atoms with E-state index in [1.807, 2.05) is 0 Å². The second kappa shape index (κ2) is 49.4. The third-order valence-electron chi connectivity index (χ3n) is 19.7. The fourth-order valence-corrected chi connectivity index (χ4v) is 17.6. The lowest BCUT2D eigenvalue weighted by Gasteiger charge is -2.31. The van der Waals surface area contributed by atoms with E-state index in [-0.39, 0.29) is 81.7 Å². The number of benzene rings is 1. The van der Waals surface area contributed by atoms with E-state index in [9.17, 15) is 112 Å². The van der Waals surface area contributed by atoms with Gasteiger partial charge in [0.05, 0.1) is 32.4 Å². The number of nitrogens with zero attached hydrogens (tertiary/aromatic N) is 3. The molecular weight excluding hydrogens is 1700 g/mol. The molecule has 6 rings (SSSR count). The summed E-state index contributed by atoms with van der Waals surface area (Å²) in [4.78, 5) is 292. The molecule has 2 bridgehead atoms. The van der Waals surface area contributed by atoms with Gasteiger partial charge in [-0.05, 0) is 68.6 Å². The molecule has 2 aromatic rings. The third kappa shape index (κ3) is 31.9. The molecule has 1 aromatic carbocycles. The van der Waals surface area contributed by atoms with E-state index in [1.165, 1.54) is 43.6 Å². The van der Waals surface area contributed by atoms with E-state index in [0.29, 0.717) is 32.4 Å². The SMILES string of the molecule is CC[C@H](C)[C@@H]1NC(=O)[C@H](CCC(=O)O)NC(=O)[C@@H]2CCCN2C(=O)[C@H](Cc2ncc[nH]2)NC(=O)[C@H](CC(=O)O)NC(=O)[C@H](Cc2ccc(O)cc2)NC(=O)[C@H](CC(N)=O)NC(=O)[C@@H]2CSSC[C@H](NC(=O)CN)C(=O)N[C@@H](CSSC[C@@H](C(N)=O)NC1=O)C(=O)N[C@@H](CO)C(=O)N[C@@H](CC(=O)O)C(=O)N1CCC[C@H]1C(=O)N[C@@H](CCCNC(=N)N)C(=O)N2. The molecule has 5 heterocycles. The number of aliphatic hydroxyl groups excluding tert-OH is 1. The van der Waals surface area contributed by atoms with Crippen LogP contribution in [0.15, 0.2) is 36.7 Å². The first kappa shape index (κ1) is 100. The van der Waals surface area contributed by atoms with Gasteiger partial charge in [-0.15, -0.1) is 0 Å². The molecule has 29 N–H and O–H groups in total. The van der Waals surface area contributed by atoms with E-state index in [1.54, 1.807) is 6.92 Å². The molecule has 0 saturated carbocycles. The van der Waals surface area contributed by atoms with Crippen molar-refractivity contribution in [1.29, 1.82) is 5.41 Å². The number of carboxylic acids is 3. The number of aliphatic hydroxyl groups is 1. The minimum atomic E-state index is -2.18. The molecule has 0 unspecified atom stereocenters. The summed E-state index contributed by atoms with van der Waals surface area (Å²) in [6, 6.07) is -22.7. The number of carbonyl (C=O) groups is 20. The second-order valence-electron chi connectivity index (χ2n) is 28.9. The molecule has 0 radical (unpaired) electrons. The zero-order valence-corrected chi connectivity index (χ0v) is 69.9. The van der Waals surface area contributed by atoms with Gasteiger partial charge < -0.3 is 138 Å². The second-order valence-corrected chi connectivity index (χ2v) is 34.0. The average Bonchev–Trinajstić information content (AvgIpc) is 1.69. The number of hydrogen-bond acceptors (Lipinski definition) is 29. The molecule has 676 valence electrons. The van der Waals surface area contributed by atoms with Crippen molar-refractivity contribution in [2.75, 3.05) is 55.8 Å². The first-order valence-corrected chi connectivity index (χ1v) is 43.7. The standard InChI is InChI=1S/C71H103N23O25S4/c1-3-32(2)55-68(117)89-43(56(74)105)28-120-122-31-46-65(114)88-42(27-95)62(111)87-41(25-54(103)104)70(119)94-20-6-8-47(94)66(115)81-35(7-4-16-79-71(75)76)57(106)90-45(30-123-121-29-44(63(112)91-46)80-51(98)26-72)64(113)84-38(22-49(73)97)60(109)83-37(21-33-10-12-34(96)13-11-33)59(108)85-39(24-53(101)102)61(110)86-40(23-50-77-17-18-78-50)69(118)93-19-5-9-48(93)67(116)82-36(58(107)92-55)14-15-52(99)100/h10-13,17-18,32,35-48,55,95-96H,3-9,14-16,19-31,72H2,1-2H3,(H2,73,97)(H2,74,105)(H,77,78)(H,80,98)(H,81,115)(H,82,116)(H,83,109)(H,84,113)(H,85,108)(H,86,110)(H,87,111)(H,88,114)(H,89,117)(H,90,106)(H,91,112)(H,92,107)(H,99,100)(H,101,102)(H,103,104)(H4,75,76,79)/t32-,35-,36-,37-,38-,39-,40-,41-,42-,43-,44-,45-,46-,47-,48-,55-/m0/s1. The van der Waals surface area contributed by atoms with Crippen molar-refractivity contribution in [2.45, 2.75) is 194 Å². The average molecular weight is 1810 g/mol. The van der Waals surface area contributed by atoms with Crippen LogP contribution >= 0.6 is 43.2 Å². The number of guanidine groups is 1. The fourth-order valence-electron chi connectivity index (χ4n) is 13.0. The highest BCUT2D eigenvalue weighted by Crippen LogP contribution is 2.28. The fraction of sp³-hybridized carbons (Fsp3) is 0.577. The van der Waals surface area contributed by atoms with E-state index < -0.39 is 302 Å². The van der Waals surface area contributed by atoms with Crippen LogP contribution in [0.2, 0.25) is 0 Å². The quantitative estimate of drug-likeness (QED) is 0.0213. The Morgan fingerprint density at radius 2 is 1.02 bits per heavy atom. The van der Waals surface area contributed by atoms with Crippen LogP contribution < -0.4 is 97.4 Å². The van der Waals surface area contributed by atoms with Crippen molar-refractivity contribution in [3.63, 3.8) is 0 Å². The van der Waals surface area contributed by atoms with Crippen molar-refractivity contribution < 1.29 is 121 Å². The highest BCUT2D eigenvalue weighted by molar-refractivity contribution is 8.77. The van der Waals surface area contributed by atoms with E-state index >= 15 is 9.59 Å². The van der Waals surface area contributed by atoms with E-state index in [2.05, 4.69) is 84.4 Å². The normalized spacial score (nSPS) is 26.5. The van der Waals surface area contributed by atoms with Gasteiger partial charge in [-0.3, -0.25) is 101 Å². The number of imidazole rings is 1. The summed E-state index contributed by atoms with van der Waals surface area (Å²) < 4.78 is 0. The van der Waals surface area contributed by atoms with Crippen molar-refractivity contribution in [1.82, 2.24) is 94.2 Å². The maximum absolute atomic E-state index is 15.1. The molecule has 4 fully saturated rings. The highest BCUT2D eigenvalue weighted by atomic mass is 33.1. The van der Waals surface area contributed by atoms with E-state index in [4.69, 9.17) is 28.3 Å². The molecular formula is C71H103N23O25S4. The van der Waals surface area contributed by atoms with Crippen LogP contribution in [0.4, 0.5) is 0 Å². The molecule has 52 heteroatoms. The lowest BCUT2D eigenvalue weighted by Crippen LogP contribution is -2.62.